The number of hydrogen-bond acceptors (Lipinski definition) is 4. The molecule has 3 aromatic rings. The van der Waals surface area contributed by atoms with E-state index in [0.29, 0.717) is 22.0 Å². The summed E-state index contributed by atoms with van der Waals surface area (Å²) < 4.78 is 3.00. The van der Waals surface area contributed by atoms with Gasteiger partial charge in [-0.2, -0.15) is 4.99 Å². The summed E-state index contributed by atoms with van der Waals surface area (Å²) in [6.07, 6.45) is 0.464. The van der Waals surface area contributed by atoms with Crippen molar-refractivity contribution in [3.05, 3.63) is 58.4 Å². The Hall–Kier alpha value is -3.06. The molecule has 7 heteroatoms. The van der Waals surface area contributed by atoms with Gasteiger partial charge in [0.05, 0.1) is 15.9 Å². The molecule has 0 unspecified atom stereocenters. The molecule has 2 aromatic carbocycles. The van der Waals surface area contributed by atoms with Crippen LogP contribution in [0.15, 0.2) is 47.5 Å². The molecule has 1 saturated heterocycles. The molecule has 1 aliphatic rings. The molecule has 0 bridgehead atoms. The van der Waals surface area contributed by atoms with Crippen molar-refractivity contribution in [1.29, 1.82) is 0 Å². The first kappa shape index (κ1) is 19.3. The maximum absolute atomic E-state index is 12.7. The SMILES string of the molecule is CC(C)c1ccc2c(c1)sc(=NC(=O)c1ccc(N3C(=O)CCC3=O)cc1)n2C. The van der Waals surface area contributed by atoms with E-state index in [2.05, 4.69) is 37.0 Å². The Kier molecular flexibility index (Phi) is 4.92. The van der Waals surface area contributed by atoms with Crippen molar-refractivity contribution < 1.29 is 14.4 Å². The monoisotopic (exact) mass is 407 g/mol. The van der Waals surface area contributed by atoms with Crippen molar-refractivity contribution >= 4 is 45.0 Å². The summed E-state index contributed by atoms with van der Waals surface area (Å²) in [7, 11) is 1.90. The van der Waals surface area contributed by atoms with Crippen LogP contribution >= 0.6 is 11.3 Å². The van der Waals surface area contributed by atoms with E-state index in [0.717, 1.165) is 10.2 Å². The van der Waals surface area contributed by atoms with Gasteiger partial charge in [0.2, 0.25) is 11.8 Å². The first-order valence-corrected chi connectivity index (χ1v) is 10.3. The molecule has 29 heavy (non-hydrogen) atoms. The molecular formula is C22H21N3O3S. The molecule has 148 valence electrons. The second kappa shape index (κ2) is 7.40. The second-order valence-corrected chi connectivity index (χ2v) is 8.42. The van der Waals surface area contributed by atoms with Gasteiger partial charge in [0, 0.05) is 25.5 Å². The maximum atomic E-state index is 12.7. The Balaban J connectivity index is 1.65. The fourth-order valence-corrected chi connectivity index (χ4v) is 4.45. The standard InChI is InChI=1S/C22H21N3O3S/c1-13(2)15-6-9-17-18(12-15)29-22(24(17)3)23-21(28)14-4-7-16(8-5-14)25-19(26)10-11-20(25)27/h4-9,12-13H,10-11H2,1-3H3. The third-order valence-corrected chi connectivity index (χ3v) is 6.22. The van der Waals surface area contributed by atoms with Crippen molar-refractivity contribution in [1.82, 2.24) is 4.57 Å². The van der Waals surface area contributed by atoms with Crippen LogP contribution in [0, 0.1) is 0 Å². The normalized spacial score (nSPS) is 15.2. The van der Waals surface area contributed by atoms with E-state index in [-0.39, 0.29) is 30.6 Å². The van der Waals surface area contributed by atoms with Crippen molar-refractivity contribution in [2.75, 3.05) is 4.90 Å². The average molecular weight is 407 g/mol. The predicted octanol–water partition coefficient (Wildman–Crippen LogP) is 3.76. The van der Waals surface area contributed by atoms with E-state index in [1.165, 1.54) is 21.8 Å². The lowest BCUT2D eigenvalue weighted by atomic mass is 10.0. The van der Waals surface area contributed by atoms with E-state index in [4.69, 9.17) is 0 Å². The molecule has 1 aliphatic heterocycles. The summed E-state index contributed by atoms with van der Waals surface area (Å²) >= 11 is 1.48. The van der Waals surface area contributed by atoms with Crippen LogP contribution in [0.25, 0.3) is 10.2 Å². The van der Waals surface area contributed by atoms with E-state index in [1.54, 1.807) is 24.3 Å². The van der Waals surface area contributed by atoms with Crippen molar-refractivity contribution in [3.63, 3.8) is 0 Å². The Morgan fingerprint density at radius 1 is 1.03 bits per heavy atom. The van der Waals surface area contributed by atoms with Gasteiger partial charge in [-0.25, -0.2) is 0 Å². The number of benzene rings is 2. The Labute approximate surface area is 172 Å². The molecule has 1 aromatic heterocycles. The topological polar surface area (TPSA) is 71.7 Å². The Morgan fingerprint density at radius 2 is 1.69 bits per heavy atom. The van der Waals surface area contributed by atoms with Gasteiger partial charge in [0.25, 0.3) is 5.91 Å². The summed E-state index contributed by atoms with van der Waals surface area (Å²) in [5.74, 6) is -0.350. The number of aryl methyl sites for hydroxylation is 1. The van der Waals surface area contributed by atoms with Crippen molar-refractivity contribution in [2.45, 2.75) is 32.6 Å². The number of amides is 3. The van der Waals surface area contributed by atoms with Crippen LogP contribution in [0.5, 0.6) is 0 Å². The highest BCUT2D eigenvalue weighted by Gasteiger charge is 2.30. The number of carbonyl (C=O) groups is 3. The number of anilines is 1. The van der Waals surface area contributed by atoms with E-state index in [1.807, 2.05) is 11.6 Å². The largest absolute Gasteiger partial charge is 0.319 e. The second-order valence-electron chi connectivity index (χ2n) is 7.41. The molecule has 0 N–H and O–H groups in total. The van der Waals surface area contributed by atoms with Gasteiger partial charge in [-0.15, -0.1) is 0 Å². The maximum Gasteiger partial charge on any atom is 0.279 e. The number of rotatable bonds is 3. The van der Waals surface area contributed by atoms with Crippen molar-refractivity contribution in [2.24, 2.45) is 12.0 Å². The third kappa shape index (κ3) is 3.53. The summed E-state index contributed by atoms with van der Waals surface area (Å²) in [5.41, 5.74) is 3.18. The quantitative estimate of drug-likeness (QED) is 0.621. The van der Waals surface area contributed by atoms with Gasteiger partial charge in [-0.05, 0) is 47.9 Å². The highest BCUT2D eigenvalue weighted by atomic mass is 32.1. The molecule has 0 atom stereocenters. The van der Waals surface area contributed by atoms with Gasteiger partial charge in [-0.1, -0.05) is 31.3 Å². The minimum absolute atomic E-state index is 0.211. The summed E-state index contributed by atoms with van der Waals surface area (Å²) in [4.78, 5) is 42.5. The first-order valence-electron chi connectivity index (χ1n) is 9.49. The highest BCUT2D eigenvalue weighted by Crippen LogP contribution is 2.24. The van der Waals surface area contributed by atoms with Crippen LogP contribution in [0.1, 0.15) is 48.5 Å². The van der Waals surface area contributed by atoms with E-state index in [9.17, 15) is 14.4 Å². The number of aromatic nitrogens is 1. The lowest BCUT2D eigenvalue weighted by molar-refractivity contribution is -0.121. The average Bonchev–Trinajstić information content (AvgIpc) is 3.20. The summed E-state index contributed by atoms with van der Waals surface area (Å²) in [6.45, 7) is 4.30. The number of hydrogen-bond donors (Lipinski definition) is 0. The molecular weight excluding hydrogens is 386 g/mol. The fourth-order valence-electron chi connectivity index (χ4n) is 3.39. The molecule has 3 amide bonds. The molecule has 4 rings (SSSR count). The Morgan fingerprint density at radius 3 is 2.31 bits per heavy atom. The molecule has 0 radical (unpaired) electrons. The van der Waals surface area contributed by atoms with E-state index < -0.39 is 0 Å². The zero-order valence-corrected chi connectivity index (χ0v) is 17.3. The minimum atomic E-state index is -0.359. The molecule has 6 nitrogen and oxygen atoms in total. The van der Waals surface area contributed by atoms with Crippen LogP contribution in [-0.2, 0) is 16.6 Å². The summed E-state index contributed by atoms with van der Waals surface area (Å²) in [5, 5.41) is 0. The van der Waals surface area contributed by atoms with Crippen molar-refractivity contribution in [3.8, 4) is 0 Å². The predicted molar refractivity (Wildman–Crippen MR) is 113 cm³/mol. The first-order chi connectivity index (χ1) is 13.8. The molecule has 0 aliphatic carbocycles. The fraction of sp³-hybridized carbons (Fsp3) is 0.273. The molecule has 0 saturated carbocycles. The van der Waals surface area contributed by atoms with Gasteiger partial charge >= 0.3 is 0 Å². The van der Waals surface area contributed by atoms with Gasteiger partial charge < -0.3 is 4.57 Å². The van der Waals surface area contributed by atoms with Gasteiger partial charge in [0.1, 0.15) is 0 Å². The zero-order chi connectivity index (χ0) is 20.7. The third-order valence-electron chi connectivity index (χ3n) is 5.12. The zero-order valence-electron chi connectivity index (χ0n) is 16.5. The molecule has 2 heterocycles. The van der Waals surface area contributed by atoms with Gasteiger partial charge in [-0.3, -0.25) is 19.3 Å². The number of carbonyl (C=O) groups excluding carboxylic acids is 3. The van der Waals surface area contributed by atoms with E-state index >= 15 is 0 Å². The minimum Gasteiger partial charge on any atom is -0.319 e. The molecule has 0 spiro atoms. The molecule has 1 fully saturated rings. The Bertz CT molecular complexity index is 1190. The lowest BCUT2D eigenvalue weighted by Gasteiger charge is -2.13. The number of thiazole rings is 1. The lowest BCUT2D eigenvalue weighted by Crippen LogP contribution is -2.28. The van der Waals surface area contributed by atoms with Crippen LogP contribution < -0.4 is 9.70 Å². The number of fused-ring (bicyclic) bond motifs is 1. The number of imide groups is 1. The van der Waals surface area contributed by atoms with Gasteiger partial charge in [0.15, 0.2) is 4.80 Å². The summed E-state index contributed by atoms with van der Waals surface area (Å²) in [6, 6.07) is 12.7. The highest BCUT2D eigenvalue weighted by molar-refractivity contribution is 7.16. The number of nitrogens with zero attached hydrogens (tertiary/aromatic N) is 3. The van der Waals surface area contributed by atoms with Crippen LogP contribution in [0.4, 0.5) is 5.69 Å². The smallest absolute Gasteiger partial charge is 0.279 e. The van der Waals surface area contributed by atoms with Crippen LogP contribution in [0.3, 0.4) is 0 Å². The van der Waals surface area contributed by atoms with Crippen LogP contribution in [-0.4, -0.2) is 22.3 Å². The van der Waals surface area contributed by atoms with Crippen LogP contribution in [0.2, 0.25) is 0 Å².